The number of benzene rings is 2. The molecule has 0 bridgehead atoms. The van der Waals surface area contributed by atoms with Gasteiger partial charge < -0.3 is 24.1 Å². The van der Waals surface area contributed by atoms with Gasteiger partial charge in [0.1, 0.15) is 11.5 Å². The Morgan fingerprint density at radius 2 is 1.54 bits per heavy atom. The number of nitrogens with one attached hydrogen (secondary N) is 1. The van der Waals surface area contributed by atoms with Gasteiger partial charge in [-0.2, -0.15) is 0 Å². The second-order valence-electron chi connectivity index (χ2n) is 10.7. The average Bonchev–Trinajstić information content (AvgIpc) is 3.57. The zero-order valence-electron chi connectivity index (χ0n) is 22.8. The molecule has 1 aromatic heterocycles. The number of hydrogen-bond acceptors (Lipinski definition) is 7. The summed E-state index contributed by atoms with van der Waals surface area (Å²) in [6.45, 7) is 8.28. The summed E-state index contributed by atoms with van der Waals surface area (Å²) in [6.07, 6.45) is 1.35. The normalized spacial score (nSPS) is 17.5. The fourth-order valence-electron chi connectivity index (χ4n) is 4.84. The van der Waals surface area contributed by atoms with Gasteiger partial charge in [-0.1, -0.05) is 48.5 Å². The Morgan fingerprint density at radius 1 is 0.949 bits per heavy atom. The summed E-state index contributed by atoms with van der Waals surface area (Å²) in [7, 11) is 0.679. The van der Waals surface area contributed by atoms with Crippen LogP contribution in [0.4, 0.5) is 4.79 Å². The molecule has 2 aliphatic rings. The second-order valence-corrected chi connectivity index (χ2v) is 11.8. The van der Waals surface area contributed by atoms with E-state index in [1.54, 1.807) is 6.07 Å². The zero-order chi connectivity index (χ0) is 27.8. The molecule has 1 amide bonds. The first-order valence-electron chi connectivity index (χ1n) is 12.9. The third kappa shape index (κ3) is 5.39. The Kier molecular flexibility index (Phi) is 7.42. The van der Waals surface area contributed by atoms with Crippen molar-refractivity contribution in [3.63, 3.8) is 0 Å². The number of hydrogen-bond donors (Lipinski definition) is 1. The van der Waals surface area contributed by atoms with Gasteiger partial charge in [0.2, 0.25) is 0 Å². The molecule has 3 aromatic rings. The van der Waals surface area contributed by atoms with E-state index in [9.17, 15) is 9.59 Å². The zero-order valence-corrected chi connectivity index (χ0v) is 23.6. The Morgan fingerprint density at radius 3 is 2.13 bits per heavy atom. The molecule has 0 atom stereocenters. The Balaban J connectivity index is 1.30. The molecule has 0 saturated carbocycles. The number of amides is 1. The van der Waals surface area contributed by atoms with E-state index in [1.807, 2.05) is 64.1 Å². The lowest BCUT2D eigenvalue weighted by Crippen LogP contribution is -2.41. The lowest BCUT2D eigenvalue weighted by molar-refractivity contribution is 0.00578. The van der Waals surface area contributed by atoms with Crippen LogP contribution in [0.15, 0.2) is 66.1 Å². The fourth-order valence-corrected chi connectivity index (χ4v) is 5.75. The van der Waals surface area contributed by atoms with Crippen LogP contribution < -0.4 is 5.32 Å². The van der Waals surface area contributed by atoms with Gasteiger partial charge in [0.15, 0.2) is 0 Å². The predicted octanol–water partition coefficient (Wildman–Crippen LogP) is 6.09. The Labute approximate surface area is 233 Å². The molecule has 0 unspecified atom stereocenters. The number of methoxy groups -OCH3 is 1. The van der Waals surface area contributed by atoms with E-state index >= 15 is 0 Å². The first kappa shape index (κ1) is 27.2. The standard InChI is InChI=1S/C30H32BNO6S/c1-29(2)30(3,4)38-31(37-29)19(16-20-14-15-26(39-20)27(33)35-5)17-32-28(34)36-18-25-23-12-8-6-10-21(23)22-11-7-9-13-24(22)25/h6-16,25H,17-18H2,1-5H3,(H,32,34). The van der Waals surface area contributed by atoms with E-state index in [2.05, 4.69) is 29.6 Å². The Hall–Kier alpha value is -3.40. The molecule has 202 valence electrons. The molecule has 1 aliphatic carbocycles. The number of carbonyl (C=O) groups is 2. The van der Waals surface area contributed by atoms with Gasteiger partial charge in [0, 0.05) is 17.3 Å². The van der Waals surface area contributed by atoms with Crippen LogP contribution in [0.3, 0.4) is 0 Å². The summed E-state index contributed by atoms with van der Waals surface area (Å²) in [4.78, 5) is 26.1. The van der Waals surface area contributed by atoms with E-state index in [1.165, 1.54) is 29.6 Å². The van der Waals surface area contributed by atoms with Gasteiger partial charge in [-0.05, 0) is 73.6 Å². The first-order valence-corrected chi connectivity index (χ1v) is 13.7. The maximum Gasteiger partial charge on any atom is 0.492 e. The summed E-state index contributed by atoms with van der Waals surface area (Å²) in [5, 5.41) is 2.87. The molecule has 7 nitrogen and oxygen atoms in total. The number of thiophene rings is 1. The number of ether oxygens (including phenoxy) is 2. The van der Waals surface area contributed by atoms with Crippen molar-refractivity contribution in [2.45, 2.75) is 44.8 Å². The topological polar surface area (TPSA) is 83.1 Å². The maximum atomic E-state index is 12.9. The van der Waals surface area contributed by atoms with Crippen molar-refractivity contribution in [1.82, 2.24) is 5.32 Å². The van der Waals surface area contributed by atoms with Gasteiger partial charge >= 0.3 is 19.2 Å². The van der Waals surface area contributed by atoms with Crippen LogP contribution >= 0.6 is 11.3 Å². The van der Waals surface area contributed by atoms with Crippen molar-refractivity contribution in [2.24, 2.45) is 0 Å². The minimum Gasteiger partial charge on any atom is -0.465 e. The number of alkyl carbamates (subject to hydrolysis) is 1. The average molecular weight is 545 g/mol. The molecule has 1 N–H and O–H groups in total. The lowest BCUT2D eigenvalue weighted by atomic mass is 9.77. The second kappa shape index (κ2) is 10.6. The molecule has 1 fully saturated rings. The van der Waals surface area contributed by atoms with Crippen molar-refractivity contribution in [1.29, 1.82) is 0 Å². The van der Waals surface area contributed by atoms with Gasteiger partial charge in [0.25, 0.3) is 0 Å². The summed E-state index contributed by atoms with van der Waals surface area (Å²) in [5.41, 5.74) is 4.28. The van der Waals surface area contributed by atoms with Gasteiger partial charge in [0.05, 0.1) is 18.3 Å². The largest absolute Gasteiger partial charge is 0.492 e. The number of rotatable bonds is 7. The van der Waals surface area contributed by atoms with E-state index in [0.29, 0.717) is 10.3 Å². The summed E-state index contributed by atoms with van der Waals surface area (Å²) in [6, 6.07) is 20.0. The van der Waals surface area contributed by atoms with Crippen molar-refractivity contribution < 1.29 is 28.4 Å². The van der Waals surface area contributed by atoms with E-state index in [4.69, 9.17) is 18.8 Å². The van der Waals surface area contributed by atoms with Crippen LogP contribution in [-0.2, 0) is 18.8 Å². The molecule has 39 heavy (non-hydrogen) atoms. The highest BCUT2D eigenvalue weighted by Gasteiger charge is 2.52. The number of esters is 1. The molecular weight excluding hydrogens is 513 g/mol. The van der Waals surface area contributed by atoms with Crippen molar-refractivity contribution in [3.8, 4) is 11.1 Å². The molecule has 0 spiro atoms. The minimum atomic E-state index is -0.674. The third-order valence-corrected chi connectivity index (χ3v) is 8.69. The van der Waals surface area contributed by atoms with Crippen LogP contribution in [0.2, 0.25) is 0 Å². The van der Waals surface area contributed by atoms with Crippen LogP contribution in [0.5, 0.6) is 0 Å². The smallest absolute Gasteiger partial charge is 0.465 e. The molecule has 2 aromatic carbocycles. The van der Waals surface area contributed by atoms with E-state index in [-0.39, 0.29) is 19.1 Å². The highest BCUT2D eigenvalue weighted by Crippen LogP contribution is 2.44. The van der Waals surface area contributed by atoms with Crippen molar-refractivity contribution >= 4 is 36.6 Å². The first-order chi connectivity index (χ1) is 18.6. The van der Waals surface area contributed by atoms with Gasteiger partial charge in [-0.3, -0.25) is 0 Å². The molecule has 1 saturated heterocycles. The summed E-state index contributed by atoms with van der Waals surface area (Å²) >= 11 is 1.29. The monoisotopic (exact) mass is 545 g/mol. The number of fused-ring (bicyclic) bond motifs is 3. The molecule has 0 radical (unpaired) electrons. The number of carbonyl (C=O) groups excluding carboxylic acids is 2. The van der Waals surface area contributed by atoms with Crippen LogP contribution in [0, 0.1) is 0 Å². The molecule has 2 heterocycles. The van der Waals surface area contributed by atoms with Crippen molar-refractivity contribution in [3.05, 3.63) is 87.0 Å². The predicted molar refractivity (Wildman–Crippen MR) is 153 cm³/mol. The lowest BCUT2D eigenvalue weighted by Gasteiger charge is -2.32. The SMILES string of the molecule is COC(=O)c1ccc(C=C(CNC(=O)OCC2c3ccccc3-c3ccccc32)B2OC(C)(C)C(C)(C)O2)s1. The van der Waals surface area contributed by atoms with E-state index < -0.39 is 30.4 Å². The van der Waals surface area contributed by atoms with Crippen LogP contribution in [0.25, 0.3) is 17.2 Å². The van der Waals surface area contributed by atoms with Crippen LogP contribution in [-0.4, -0.2) is 50.6 Å². The van der Waals surface area contributed by atoms with Crippen molar-refractivity contribution in [2.75, 3.05) is 20.3 Å². The maximum absolute atomic E-state index is 12.9. The Bertz CT molecular complexity index is 1370. The third-order valence-electron chi connectivity index (χ3n) is 7.68. The highest BCUT2D eigenvalue weighted by atomic mass is 32.1. The minimum absolute atomic E-state index is 0.0240. The molecule has 1 aliphatic heterocycles. The quantitative estimate of drug-likeness (QED) is 0.286. The fraction of sp³-hybridized carbons (Fsp3) is 0.333. The molecule has 5 rings (SSSR count). The van der Waals surface area contributed by atoms with Gasteiger partial charge in [-0.15, -0.1) is 11.3 Å². The van der Waals surface area contributed by atoms with Gasteiger partial charge in [-0.25, -0.2) is 9.59 Å². The molecular formula is C30H32BNO6S. The van der Waals surface area contributed by atoms with E-state index in [0.717, 1.165) is 16.0 Å². The summed E-state index contributed by atoms with van der Waals surface area (Å²) in [5.74, 6) is -0.419. The molecule has 9 heteroatoms. The highest BCUT2D eigenvalue weighted by molar-refractivity contribution is 7.14. The van der Waals surface area contributed by atoms with Crippen LogP contribution in [0.1, 0.15) is 59.3 Å². The summed E-state index contributed by atoms with van der Waals surface area (Å²) < 4.78 is 23.1.